The Morgan fingerprint density at radius 2 is 1.86 bits per heavy atom. The van der Waals surface area contributed by atoms with Crippen molar-refractivity contribution in [2.24, 2.45) is 0 Å². The number of fused-ring (bicyclic) bond motifs is 1. The van der Waals surface area contributed by atoms with Crippen molar-refractivity contribution in [3.05, 3.63) is 71.3 Å². The molecule has 0 spiro atoms. The van der Waals surface area contributed by atoms with E-state index in [1.165, 1.54) is 16.7 Å². The summed E-state index contributed by atoms with van der Waals surface area (Å²) in [5.74, 6) is -0.133. The Morgan fingerprint density at radius 1 is 1.14 bits per heavy atom. The zero-order chi connectivity index (χ0) is 15.4. The first-order valence-electron chi connectivity index (χ1n) is 7.82. The van der Waals surface area contributed by atoms with Crippen molar-refractivity contribution in [3.8, 4) is 0 Å². The first-order chi connectivity index (χ1) is 10.8. The van der Waals surface area contributed by atoms with Crippen LogP contribution in [-0.4, -0.2) is 18.6 Å². The van der Waals surface area contributed by atoms with Crippen LogP contribution >= 0.6 is 0 Å². The molecule has 2 aromatic rings. The van der Waals surface area contributed by atoms with Crippen LogP contribution in [0.1, 0.15) is 36.1 Å². The van der Waals surface area contributed by atoms with E-state index < -0.39 is 0 Å². The molecule has 1 heterocycles. The first kappa shape index (κ1) is 14.8. The molecule has 2 aromatic carbocycles. The fourth-order valence-corrected chi connectivity index (χ4v) is 3.13. The minimum Gasteiger partial charge on any atom is -0.466 e. The average molecular weight is 295 g/mol. The molecule has 0 fully saturated rings. The van der Waals surface area contributed by atoms with Gasteiger partial charge >= 0.3 is 5.97 Å². The summed E-state index contributed by atoms with van der Waals surface area (Å²) in [5.41, 5.74) is 3.83. The highest BCUT2D eigenvalue weighted by atomic mass is 16.5. The molecule has 3 heteroatoms. The van der Waals surface area contributed by atoms with Crippen molar-refractivity contribution in [1.29, 1.82) is 0 Å². The van der Waals surface area contributed by atoms with Crippen molar-refractivity contribution in [1.82, 2.24) is 5.32 Å². The SMILES string of the molecule is CCOC(=O)CC1Cc2ccccc2C(c2ccccc2)N1. The molecule has 2 atom stereocenters. The van der Waals surface area contributed by atoms with Crippen molar-refractivity contribution in [3.63, 3.8) is 0 Å². The average Bonchev–Trinajstić information content (AvgIpc) is 2.55. The Balaban J connectivity index is 1.87. The smallest absolute Gasteiger partial charge is 0.307 e. The predicted molar refractivity (Wildman–Crippen MR) is 86.6 cm³/mol. The summed E-state index contributed by atoms with van der Waals surface area (Å²) in [4.78, 5) is 11.8. The van der Waals surface area contributed by atoms with E-state index in [0.29, 0.717) is 13.0 Å². The van der Waals surface area contributed by atoms with E-state index in [0.717, 1.165) is 6.42 Å². The van der Waals surface area contributed by atoms with Crippen LogP contribution in [0.4, 0.5) is 0 Å². The fourth-order valence-electron chi connectivity index (χ4n) is 3.13. The van der Waals surface area contributed by atoms with Gasteiger partial charge in [-0.25, -0.2) is 0 Å². The molecule has 3 nitrogen and oxygen atoms in total. The highest BCUT2D eigenvalue weighted by Crippen LogP contribution is 2.31. The minimum absolute atomic E-state index is 0.110. The Morgan fingerprint density at radius 3 is 2.64 bits per heavy atom. The third kappa shape index (κ3) is 3.20. The number of ether oxygens (including phenoxy) is 1. The quantitative estimate of drug-likeness (QED) is 0.880. The van der Waals surface area contributed by atoms with Crippen LogP contribution < -0.4 is 5.32 Å². The first-order valence-corrected chi connectivity index (χ1v) is 7.82. The molecule has 0 aromatic heterocycles. The van der Waals surface area contributed by atoms with E-state index in [-0.39, 0.29) is 18.1 Å². The Labute approximate surface area is 131 Å². The lowest BCUT2D eigenvalue weighted by atomic mass is 9.86. The van der Waals surface area contributed by atoms with Crippen molar-refractivity contribution in [2.45, 2.75) is 31.8 Å². The molecular formula is C19H21NO2. The van der Waals surface area contributed by atoms with Crippen LogP contribution in [0.3, 0.4) is 0 Å². The number of rotatable bonds is 4. The Kier molecular flexibility index (Phi) is 4.54. The van der Waals surface area contributed by atoms with Gasteiger partial charge in [-0.15, -0.1) is 0 Å². The third-order valence-corrected chi connectivity index (χ3v) is 4.09. The van der Waals surface area contributed by atoms with Gasteiger partial charge in [0, 0.05) is 6.04 Å². The van der Waals surface area contributed by atoms with Crippen LogP contribution in [0.25, 0.3) is 0 Å². The summed E-state index contributed by atoms with van der Waals surface area (Å²) in [6.07, 6.45) is 1.27. The van der Waals surface area contributed by atoms with Crippen molar-refractivity contribution < 1.29 is 9.53 Å². The lowest BCUT2D eigenvalue weighted by Gasteiger charge is -2.33. The number of benzene rings is 2. The van der Waals surface area contributed by atoms with E-state index in [9.17, 15) is 4.79 Å². The zero-order valence-electron chi connectivity index (χ0n) is 12.8. The van der Waals surface area contributed by atoms with Crippen LogP contribution in [0, 0.1) is 0 Å². The molecule has 114 valence electrons. The van der Waals surface area contributed by atoms with E-state index >= 15 is 0 Å². The second-order valence-electron chi connectivity index (χ2n) is 5.62. The number of esters is 1. The van der Waals surface area contributed by atoms with Gasteiger partial charge in [-0.2, -0.15) is 0 Å². The van der Waals surface area contributed by atoms with Gasteiger partial charge in [0.25, 0.3) is 0 Å². The molecule has 1 N–H and O–H groups in total. The number of carbonyl (C=O) groups excluding carboxylic acids is 1. The molecular weight excluding hydrogens is 274 g/mol. The maximum Gasteiger partial charge on any atom is 0.307 e. The second-order valence-corrected chi connectivity index (χ2v) is 5.62. The van der Waals surface area contributed by atoms with E-state index in [1.807, 2.05) is 13.0 Å². The molecule has 1 aliphatic heterocycles. The molecule has 22 heavy (non-hydrogen) atoms. The number of hydrogen-bond donors (Lipinski definition) is 1. The summed E-state index contributed by atoms with van der Waals surface area (Å²) >= 11 is 0. The Hall–Kier alpha value is -2.13. The second kappa shape index (κ2) is 6.75. The van der Waals surface area contributed by atoms with Crippen molar-refractivity contribution >= 4 is 5.97 Å². The minimum atomic E-state index is -0.133. The van der Waals surface area contributed by atoms with Crippen LogP contribution in [0.15, 0.2) is 54.6 Å². The molecule has 1 aliphatic rings. The molecule has 0 saturated heterocycles. The van der Waals surface area contributed by atoms with Crippen LogP contribution in [0.5, 0.6) is 0 Å². The molecule has 0 bridgehead atoms. The van der Waals surface area contributed by atoms with Gasteiger partial charge in [-0.05, 0) is 30.0 Å². The molecule has 0 radical (unpaired) electrons. The molecule has 2 unspecified atom stereocenters. The zero-order valence-corrected chi connectivity index (χ0v) is 12.8. The van der Waals surface area contributed by atoms with Crippen molar-refractivity contribution in [2.75, 3.05) is 6.61 Å². The monoisotopic (exact) mass is 295 g/mol. The molecule has 0 amide bonds. The van der Waals surface area contributed by atoms with Gasteiger partial charge < -0.3 is 10.1 Å². The topological polar surface area (TPSA) is 38.3 Å². The standard InChI is InChI=1S/C19H21NO2/c1-2-22-18(21)13-16-12-15-10-6-7-11-17(15)19(20-16)14-8-4-3-5-9-14/h3-11,16,19-20H,2,12-13H2,1H3. The predicted octanol–water partition coefficient (Wildman–Crippen LogP) is 3.24. The summed E-state index contributed by atoms with van der Waals surface area (Å²) in [5, 5.41) is 3.61. The lowest BCUT2D eigenvalue weighted by molar-refractivity contribution is -0.143. The number of nitrogens with one attached hydrogen (secondary N) is 1. The fraction of sp³-hybridized carbons (Fsp3) is 0.316. The van der Waals surface area contributed by atoms with E-state index in [1.54, 1.807) is 0 Å². The highest BCUT2D eigenvalue weighted by Gasteiger charge is 2.28. The molecule has 0 saturated carbocycles. The summed E-state index contributed by atoms with van der Waals surface area (Å²) in [7, 11) is 0. The number of carbonyl (C=O) groups is 1. The Bertz CT molecular complexity index is 639. The van der Waals surface area contributed by atoms with Crippen LogP contribution in [0.2, 0.25) is 0 Å². The van der Waals surface area contributed by atoms with Gasteiger partial charge in [0.2, 0.25) is 0 Å². The van der Waals surface area contributed by atoms with Gasteiger partial charge in [-0.3, -0.25) is 4.79 Å². The number of hydrogen-bond acceptors (Lipinski definition) is 3. The maximum atomic E-state index is 11.8. The van der Waals surface area contributed by atoms with E-state index in [4.69, 9.17) is 4.74 Å². The summed E-state index contributed by atoms with van der Waals surface area (Å²) in [6, 6.07) is 19.1. The summed E-state index contributed by atoms with van der Waals surface area (Å²) in [6.45, 7) is 2.28. The largest absolute Gasteiger partial charge is 0.466 e. The molecule has 0 aliphatic carbocycles. The van der Waals surface area contributed by atoms with Crippen LogP contribution in [-0.2, 0) is 16.0 Å². The van der Waals surface area contributed by atoms with Gasteiger partial charge in [0.05, 0.1) is 19.1 Å². The lowest BCUT2D eigenvalue weighted by Crippen LogP contribution is -2.41. The normalized spacial score (nSPS) is 20.2. The summed E-state index contributed by atoms with van der Waals surface area (Å²) < 4.78 is 5.09. The van der Waals surface area contributed by atoms with Gasteiger partial charge in [0.15, 0.2) is 0 Å². The highest BCUT2D eigenvalue weighted by molar-refractivity contribution is 5.70. The van der Waals surface area contributed by atoms with Gasteiger partial charge in [0.1, 0.15) is 0 Å². The maximum absolute atomic E-state index is 11.8. The van der Waals surface area contributed by atoms with Gasteiger partial charge in [-0.1, -0.05) is 54.6 Å². The third-order valence-electron chi connectivity index (χ3n) is 4.09. The molecule has 3 rings (SSSR count). The van der Waals surface area contributed by atoms with E-state index in [2.05, 4.69) is 53.8 Å².